The molecular formula is C20H24FN3O3. The zero-order chi connectivity index (χ0) is 19.3. The van der Waals surface area contributed by atoms with Gasteiger partial charge in [-0.15, -0.1) is 0 Å². The average Bonchev–Trinajstić information content (AvgIpc) is 2.67. The topological polar surface area (TPSA) is 72.4 Å². The fourth-order valence-corrected chi connectivity index (χ4v) is 3.42. The summed E-state index contributed by atoms with van der Waals surface area (Å²) in [7, 11) is 1.58. The predicted molar refractivity (Wildman–Crippen MR) is 101 cm³/mol. The number of rotatable bonds is 6. The second kappa shape index (κ2) is 8.45. The lowest BCUT2D eigenvalue weighted by molar-refractivity contribution is -0.130. The summed E-state index contributed by atoms with van der Waals surface area (Å²) in [6.45, 7) is 2.09. The number of methoxy groups -OCH3 is 1. The van der Waals surface area contributed by atoms with Crippen molar-refractivity contribution < 1.29 is 13.9 Å². The molecule has 0 bridgehead atoms. The molecule has 1 fully saturated rings. The molecule has 6 nitrogen and oxygen atoms in total. The molecule has 1 amide bonds. The molecule has 3 rings (SSSR count). The van der Waals surface area contributed by atoms with Gasteiger partial charge in [0.2, 0.25) is 5.91 Å². The van der Waals surface area contributed by atoms with Crippen LogP contribution in [0.2, 0.25) is 0 Å². The molecule has 27 heavy (non-hydrogen) atoms. The highest BCUT2D eigenvalue weighted by Gasteiger charge is 2.39. The van der Waals surface area contributed by atoms with E-state index in [1.807, 2.05) is 0 Å². The molecule has 2 aromatic rings. The summed E-state index contributed by atoms with van der Waals surface area (Å²) in [5.74, 6) is -0.514. The lowest BCUT2D eigenvalue weighted by atomic mass is 9.78. The number of piperidine rings is 1. The molecule has 0 atom stereocenters. The zero-order valence-electron chi connectivity index (χ0n) is 15.3. The van der Waals surface area contributed by atoms with E-state index in [9.17, 15) is 14.0 Å². The summed E-state index contributed by atoms with van der Waals surface area (Å²) in [6, 6.07) is 9.30. The van der Waals surface area contributed by atoms with Crippen molar-refractivity contribution in [2.75, 3.05) is 32.1 Å². The maximum atomic E-state index is 13.1. The number of amides is 1. The van der Waals surface area contributed by atoms with E-state index in [0.717, 1.165) is 18.7 Å². The Labute approximate surface area is 157 Å². The first-order chi connectivity index (χ1) is 13.0. The Hall–Kier alpha value is -2.51. The number of benzene rings is 1. The van der Waals surface area contributed by atoms with Crippen LogP contribution in [0.3, 0.4) is 0 Å². The number of hydrogen-bond acceptors (Lipinski definition) is 4. The highest BCUT2D eigenvalue weighted by atomic mass is 19.1. The van der Waals surface area contributed by atoms with Crippen molar-refractivity contribution in [3.8, 4) is 0 Å². The lowest BCUT2D eigenvalue weighted by Gasteiger charge is -2.35. The van der Waals surface area contributed by atoms with Crippen LogP contribution in [0, 0.1) is 11.2 Å². The Morgan fingerprint density at radius 2 is 1.96 bits per heavy atom. The largest absolute Gasteiger partial charge is 0.384 e. The Kier molecular flexibility index (Phi) is 6.03. The molecule has 1 aromatic carbocycles. The van der Waals surface area contributed by atoms with Crippen LogP contribution in [0.4, 0.5) is 10.1 Å². The van der Waals surface area contributed by atoms with E-state index in [4.69, 9.17) is 4.74 Å². The van der Waals surface area contributed by atoms with Gasteiger partial charge in [-0.05, 0) is 55.8 Å². The monoisotopic (exact) mass is 373 g/mol. The third-order valence-corrected chi connectivity index (χ3v) is 5.00. The maximum Gasteiger partial charge on any atom is 0.274 e. The number of halogens is 1. The Balaban J connectivity index is 1.79. The van der Waals surface area contributed by atoms with Crippen molar-refractivity contribution in [1.82, 2.24) is 9.88 Å². The molecule has 1 aliphatic rings. The zero-order valence-corrected chi connectivity index (χ0v) is 15.3. The molecule has 0 spiro atoms. The Bertz CT molecular complexity index is 837. The summed E-state index contributed by atoms with van der Waals surface area (Å²) in [4.78, 5) is 25.7. The minimum absolute atomic E-state index is 0.192. The van der Waals surface area contributed by atoms with E-state index in [1.54, 1.807) is 37.6 Å². The second-order valence-electron chi connectivity index (χ2n) is 6.90. The van der Waals surface area contributed by atoms with E-state index in [1.165, 1.54) is 16.7 Å². The van der Waals surface area contributed by atoms with Crippen LogP contribution >= 0.6 is 0 Å². The summed E-state index contributed by atoms with van der Waals surface area (Å²) >= 11 is 0. The van der Waals surface area contributed by atoms with Crippen LogP contribution in [-0.4, -0.2) is 37.3 Å². The number of pyridine rings is 1. The number of carbonyl (C=O) groups excluding carboxylic acids is 1. The number of nitrogens with zero attached hydrogens (tertiary/aromatic N) is 1. The predicted octanol–water partition coefficient (Wildman–Crippen LogP) is 1.99. The van der Waals surface area contributed by atoms with Gasteiger partial charge in [0, 0.05) is 13.3 Å². The van der Waals surface area contributed by atoms with Crippen LogP contribution in [0.15, 0.2) is 47.4 Å². The number of anilines is 1. The molecule has 0 aliphatic carbocycles. The fraction of sp³-hybridized carbons (Fsp3) is 0.400. The molecular weight excluding hydrogens is 349 g/mol. The van der Waals surface area contributed by atoms with Crippen molar-refractivity contribution in [3.05, 3.63) is 64.3 Å². The summed E-state index contributed by atoms with van der Waals surface area (Å²) in [6.07, 6.45) is 2.96. The number of nitrogens with one attached hydrogen (secondary N) is 2. The second-order valence-corrected chi connectivity index (χ2v) is 6.90. The van der Waals surface area contributed by atoms with Crippen molar-refractivity contribution in [1.29, 1.82) is 0 Å². The van der Waals surface area contributed by atoms with E-state index in [2.05, 4.69) is 10.6 Å². The van der Waals surface area contributed by atoms with Crippen molar-refractivity contribution in [3.63, 3.8) is 0 Å². The number of ether oxygens (including phenoxy) is 1. The van der Waals surface area contributed by atoms with Gasteiger partial charge in [-0.1, -0.05) is 12.1 Å². The molecule has 1 saturated heterocycles. The highest BCUT2D eigenvalue weighted by molar-refractivity contribution is 5.95. The van der Waals surface area contributed by atoms with E-state index in [0.29, 0.717) is 26.0 Å². The van der Waals surface area contributed by atoms with E-state index < -0.39 is 5.41 Å². The van der Waals surface area contributed by atoms with Gasteiger partial charge in [-0.3, -0.25) is 9.59 Å². The SMILES string of the molecule is COCC1(C(=O)Nc2cccn(Cc3ccc(F)cc3)c2=O)CCNCC1. The molecule has 144 valence electrons. The van der Waals surface area contributed by atoms with Gasteiger partial charge in [-0.2, -0.15) is 0 Å². The quantitative estimate of drug-likeness (QED) is 0.812. The van der Waals surface area contributed by atoms with E-state index >= 15 is 0 Å². The van der Waals surface area contributed by atoms with Crippen LogP contribution in [0.25, 0.3) is 0 Å². The van der Waals surface area contributed by atoms with Crippen molar-refractivity contribution in [2.45, 2.75) is 19.4 Å². The van der Waals surface area contributed by atoms with Crippen LogP contribution in [-0.2, 0) is 16.1 Å². The standard InChI is InChI=1S/C20H24FN3O3/c1-27-14-20(8-10-22-11-9-20)19(26)23-17-3-2-12-24(18(17)25)13-15-4-6-16(21)7-5-15/h2-7,12,22H,8-11,13-14H2,1H3,(H,23,26). The summed E-state index contributed by atoms with van der Waals surface area (Å²) in [5, 5.41) is 6.04. The Morgan fingerprint density at radius 3 is 2.63 bits per heavy atom. The maximum absolute atomic E-state index is 13.1. The fourth-order valence-electron chi connectivity index (χ4n) is 3.42. The highest BCUT2D eigenvalue weighted by Crippen LogP contribution is 2.30. The van der Waals surface area contributed by atoms with Gasteiger partial charge >= 0.3 is 0 Å². The van der Waals surface area contributed by atoms with Gasteiger partial charge in [0.15, 0.2) is 0 Å². The van der Waals surface area contributed by atoms with Crippen molar-refractivity contribution in [2.24, 2.45) is 5.41 Å². The first kappa shape index (κ1) is 19.3. The molecule has 2 N–H and O–H groups in total. The van der Waals surface area contributed by atoms with Crippen LogP contribution < -0.4 is 16.2 Å². The molecule has 7 heteroatoms. The van der Waals surface area contributed by atoms with Gasteiger partial charge in [0.05, 0.1) is 18.6 Å². The smallest absolute Gasteiger partial charge is 0.274 e. The molecule has 2 heterocycles. The van der Waals surface area contributed by atoms with E-state index in [-0.39, 0.29) is 23.0 Å². The summed E-state index contributed by atoms with van der Waals surface area (Å²) in [5.41, 5.74) is 0.107. The number of aromatic nitrogens is 1. The first-order valence-electron chi connectivity index (χ1n) is 8.99. The lowest BCUT2D eigenvalue weighted by Crippen LogP contribution is -2.48. The third-order valence-electron chi connectivity index (χ3n) is 5.00. The minimum Gasteiger partial charge on any atom is -0.384 e. The van der Waals surface area contributed by atoms with Gasteiger partial charge in [0.25, 0.3) is 5.56 Å². The Morgan fingerprint density at radius 1 is 1.26 bits per heavy atom. The van der Waals surface area contributed by atoms with Gasteiger partial charge in [0.1, 0.15) is 11.5 Å². The average molecular weight is 373 g/mol. The molecule has 0 saturated carbocycles. The normalized spacial score (nSPS) is 16.1. The van der Waals surface area contributed by atoms with Crippen molar-refractivity contribution >= 4 is 11.6 Å². The third kappa shape index (κ3) is 4.43. The number of hydrogen-bond donors (Lipinski definition) is 2. The van der Waals surface area contributed by atoms with Crippen LogP contribution in [0.1, 0.15) is 18.4 Å². The molecule has 0 unspecified atom stereocenters. The molecule has 1 aromatic heterocycles. The van der Waals surface area contributed by atoms with Gasteiger partial charge < -0.3 is 19.9 Å². The first-order valence-corrected chi connectivity index (χ1v) is 8.99. The minimum atomic E-state index is -0.635. The van der Waals surface area contributed by atoms with Gasteiger partial charge in [-0.25, -0.2) is 4.39 Å². The molecule has 1 aliphatic heterocycles. The summed E-state index contributed by atoms with van der Waals surface area (Å²) < 4.78 is 19.8. The van der Waals surface area contributed by atoms with Crippen LogP contribution in [0.5, 0.6) is 0 Å². The molecule has 0 radical (unpaired) electrons. The number of carbonyl (C=O) groups is 1.